The van der Waals surface area contributed by atoms with Crippen molar-refractivity contribution in [2.75, 3.05) is 32.0 Å². The molecule has 0 heterocycles. The number of likely N-dealkylation sites (N-methyl/N-ethyl adjacent to an activating group) is 1. The summed E-state index contributed by atoms with van der Waals surface area (Å²) in [5.74, 6) is -1.09. The number of carbonyl (C=O) groups excluding carboxylic acids is 3. The Hall–Kier alpha value is -2.12. The smallest absolute Gasteiger partial charge is 0.243 e. The van der Waals surface area contributed by atoms with E-state index in [-0.39, 0.29) is 43.9 Å². The SMILES string of the molecule is Cc1ccc(NC(=O)CN(C)C(=O)CNC(=O)CN)cc1.Cl. The molecule has 0 atom stereocenters. The number of rotatable bonds is 6. The number of benzene rings is 1. The fraction of sp³-hybridized carbons (Fsp3) is 0.357. The van der Waals surface area contributed by atoms with Crippen LogP contribution in [0.1, 0.15) is 5.56 Å². The first-order valence-electron chi connectivity index (χ1n) is 6.49. The largest absolute Gasteiger partial charge is 0.346 e. The molecule has 8 heteroatoms. The van der Waals surface area contributed by atoms with Crippen molar-refractivity contribution < 1.29 is 14.4 Å². The average molecular weight is 329 g/mol. The van der Waals surface area contributed by atoms with Crippen LogP contribution >= 0.6 is 12.4 Å². The Labute approximate surface area is 135 Å². The molecule has 0 spiro atoms. The molecule has 4 N–H and O–H groups in total. The second-order valence-corrected chi connectivity index (χ2v) is 4.64. The lowest BCUT2D eigenvalue weighted by molar-refractivity contribution is -0.134. The molecule has 0 radical (unpaired) electrons. The van der Waals surface area contributed by atoms with Gasteiger partial charge in [-0.05, 0) is 19.1 Å². The van der Waals surface area contributed by atoms with Crippen LogP contribution in [0.4, 0.5) is 5.69 Å². The molecule has 3 amide bonds. The monoisotopic (exact) mass is 328 g/mol. The summed E-state index contributed by atoms with van der Waals surface area (Å²) >= 11 is 0. The van der Waals surface area contributed by atoms with Gasteiger partial charge in [-0.3, -0.25) is 14.4 Å². The van der Waals surface area contributed by atoms with Crippen LogP contribution in [-0.2, 0) is 14.4 Å². The maximum Gasteiger partial charge on any atom is 0.243 e. The summed E-state index contributed by atoms with van der Waals surface area (Å²) in [4.78, 5) is 35.7. The summed E-state index contributed by atoms with van der Waals surface area (Å²) in [7, 11) is 1.49. The van der Waals surface area contributed by atoms with Gasteiger partial charge in [0, 0.05) is 12.7 Å². The van der Waals surface area contributed by atoms with Gasteiger partial charge in [0.15, 0.2) is 0 Å². The van der Waals surface area contributed by atoms with Crippen LogP contribution in [0.2, 0.25) is 0 Å². The highest BCUT2D eigenvalue weighted by atomic mass is 35.5. The van der Waals surface area contributed by atoms with Gasteiger partial charge in [-0.1, -0.05) is 17.7 Å². The standard InChI is InChI=1S/C14H20N4O3.ClH/c1-10-3-5-11(6-4-10)17-13(20)9-18(2)14(21)8-16-12(19)7-15;/h3-6H,7-9,15H2,1-2H3,(H,16,19)(H,17,20);1H. The summed E-state index contributed by atoms with van der Waals surface area (Å²) in [6.45, 7) is 1.51. The number of aryl methyl sites for hydroxylation is 1. The summed E-state index contributed by atoms with van der Waals surface area (Å²) in [5, 5.41) is 5.05. The van der Waals surface area contributed by atoms with Crippen LogP contribution < -0.4 is 16.4 Å². The van der Waals surface area contributed by atoms with E-state index >= 15 is 0 Å². The lowest BCUT2D eigenvalue weighted by atomic mass is 10.2. The highest BCUT2D eigenvalue weighted by Crippen LogP contribution is 2.08. The molecule has 22 heavy (non-hydrogen) atoms. The fourth-order valence-electron chi connectivity index (χ4n) is 1.52. The number of nitrogens with zero attached hydrogens (tertiary/aromatic N) is 1. The predicted molar refractivity (Wildman–Crippen MR) is 86.8 cm³/mol. The topological polar surface area (TPSA) is 105 Å². The molecule has 0 bridgehead atoms. The zero-order valence-corrected chi connectivity index (χ0v) is 13.4. The summed E-state index contributed by atoms with van der Waals surface area (Å²) < 4.78 is 0. The molecule has 0 unspecified atom stereocenters. The lowest BCUT2D eigenvalue weighted by Gasteiger charge is -2.17. The van der Waals surface area contributed by atoms with Gasteiger partial charge < -0.3 is 21.3 Å². The van der Waals surface area contributed by atoms with E-state index < -0.39 is 5.91 Å². The van der Waals surface area contributed by atoms with Crippen LogP contribution in [0.3, 0.4) is 0 Å². The van der Waals surface area contributed by atoms with E-state index in [1.54, 1.807) is 12.1 Å². The molecule has 0 fully saturated rings. The first-order valence-corrected chi connectivity index (χ1v) is 6.49. The number of halogens is 1. The van der Waals surface area contributed by atoms with Crippen LogP contribution in [0.25, 0.3) is 0 Å². The highest BCUT2D eigenvalue weighted by Gasteiger charge is 2.13. The molecule has 7 nitrogen and oxygen atoms in total. The summed E-state index contributed by atoms with van der Waals surface area (Å²) in [6.07, 6.45) is 0. The van der Waals surface area contributed by atoms with Crippen molar-refractivity contribution in [1.82, 2.24) is 10.2 Å². The molecule has 0 aromatic heterocycles. The average Bonchev–Trinajstić information content (AvgIpc) is 2.46. The molecule has 0 aliphatic carbocycles. The number of nitrogens with two attached hydrogens (primary N) is 1. The van der Waals surface area contributed by atoms with E-state index in [4.69, 9.17) is 5.73 Å². The molecular weight excluding hydrogens is 308 g/mol. The third-order valence-electron chi connectivity index (χ3n) is 2.76. The number of amides is 3. The van der Waals surface area contributed by atoms with Crippen LogP contribution in [0.15, 0.2) is 24.3 Å². The highest BCUT2D eigenvalue weighted by molar-refractivity contribution is 5.95. The van der Waals surface area contributed by atoms with Crippen LogP contribution in [-0.4, -0.2) is 49.3 Å². The second kappa shape index (κ2) is 9.75. The maximum atomic E-state index is 11.8. The Bertz CT molecular complexity index is 519. The van der Waals surface area contributed by atoms with Gasteiger partial charge in [-0.2, -0.15) is 0 Å². The van der Waals surface area contributed by atoms with Gasteiger partial charge in [-0.15, -0.1) is 12.4 Å². The Morgan fingerprint density at radius 1 is 1.14 bits per heavy atom. The van der Waals surface area contributed by atoms with Crippen molar-refractivity contribution >= 4 is 35.8 Å². The van der Waals surface area contributed by atoms with E-state index in [0.717, 1.165) is 5.56 Å². The van der Waals surface area contributed by atoms with Crippen molar-refractivity contribution in [3.63, 3.8) is 0 Å². The molecule has 122 valence electrons. The normalized spacial score (nSPS) is 9.41. The van der Waals surface area contributed by atoms with Crippen LogP contribution in [0.5, 0.6) is 0 Å². The minimum Gasteiger partial charge on any atom is -0.346 e. The van der Waals surface area contributed by atoms with E-state index in [1.807, 2.05) is 19.1 Å². The Morgan fingerprint density at radius 2 is 1.73 bits per heavy atom. The van der Waals surface area contributed by atoms with E-state index in [0.29, 0.717) is 5.69 Å². The third kappa shape index (κ3) is 7.05. The second-order valence-electron chi connectivity index (χ2n) is 4.64. The zero-order chi connectivity index (χ0) is 15.8. The Balaban J connectivity index is 0.00000441. The predicted octanol–water partition coefficient (Wildman–Crippen LogP) is -0.111. The van der Waals surface area contributed by atoms with Crippen molar-refractivity contribution in [2.24, 2.45) is 5.73 Å². The molecule has 0 saturated carbocycles. The maximum absolute atomic E-state index is 11.8. The molecular formula is C14H21ClN4O3. The van der Waals surface area contributed by atoms with Gasteiger partial charge in [-0.25, -0.2) is 0 Å². The van der Waals surface area contributed by atoms with E-state index in [2.05, 4.69) is 10.6 Å². The first kappa shape index (κ1) is 19.9. The zero-order valence-electron chi connectivity index (χ0n) is 12.6. The van der Waals surface area contributed by atoms with Gasteiger partial charge in [0.1, 0.15) is 0 Å². The lowest BCUT2D eigenvalue weighted by Crippen LogP contribution is -2.42. The quantitative estimate of drug-likeness (QED) is 0.677. The third-order valence-corrected chi connectivity index (χ3v) is 2.76. The molecule has 1 aromatic rings. The minimum absolute atomic E-state index is 0. The number of hydrogen-bond donors (Lipinski definition) is 3. The van der Waals surface area contributed by atoms with Crippen molar-refractivity contribution in [2.45, 2.75) is 6.92 Å². The summed E-state index contributed by atoms with van der Waals surface area (Å²) in [5.41, 5.74) is 6.87. The van der Waals surface area contributed by atoms with E-state index in [1.165, 1.54) is 11.9 Å². The van der Waals surface area contributed by atoms with Crippen LogP contribution in [0, 0.1) is 6.92 Å². The molecule has 0 aliphatic rings. The minimum atomic E-state index is -0.416. The Morgan fingerprint density at radius 3 is 2.27 bits per heavy atom. The van der Waals surface area contributed by atoms with Crippen molar-refractivity contribution in [3.8, 4) is 0 Å². The van der Waals surface area contributed by atoms with Gasteiger partial charge in [0.05, 0.1) is 19.6 Å². The van der Waals surface area contributed by atoms with Crippen molar-refractivity contribution in [3.05, 3.63) is 29.8 Å². The molecule has 0 saturated heterocycles. The molecule has 1 rings (SSSR count). The fourth-order valence-corrected chi connectivity index (χ4v) is 1.52. The number of anilines is 1. The number of hydrogen-bond acceptors (Lipinski definition) is 4. The van der Waals surface area contributed by atoms with Gasteiger partial charge >= 0.3 is 0 Å². The number of nitrogens with one attached hydrogen (secondary N) is 2. The van der Waals surface area contributed by atoms with Gasteiger partial charge in [0.25, 0.3) is 0 Å². The Kier molecular flexibility index (Phi) is 8.81. The molecule has 1 aromatic carbocycles. The van der Waals surface area contributed by atoms with E-state index in [9.17, 15) is 14.4 Å². The number of carbonyl (C=O) groups is 3. The first-order chi connectivity index (χ1) is 9.92. The summed E-state index contributed by atoms with van der Waals surface area (Å²) in [6, 6.07) is 7.34. The van der Waals surface area contributed by atoms with Gasteiger partial charge in [0.2, 0.25) is 17.7 Å². The molecule has 0 aliphatic heterocycles. The van der Waals surface area contributed by atoms with Crippen molar-refractivity contribution in [1.29, 1.82) is 0 Å².